The Hall–Kier alpha value is -0.980. The van der Waals surface area contributed by atoms with E-state index in [2.05, 4.69) is 10.0 Å². The third-order valence-corrected chi connectivity index (χ3v) is 5.28. The summed E-state index contributed by atoms with van der Waals surface area (Å²) in [7, 11) is -3.55. The zero-order valence-electron chi connectivity index (χ0n) is 12.4. The molecular formula is C15H23FN2O2S. The first kappa shape index (κ1) is 16.4. The molecule has 1 aliphatic rings. The van der Waals surface area contributed by atoms with E-state index in [1.165, 1.54) is 24.6 Å². The standard InChI is InChI=1S/C15H23FN2O2S/c1-2-8-17-11-13-9-14(6-7-15(13)16)21(19,20)18-10-12-4-3-5-12/h6-7,9,12,17-18H,2-5,8,10-11H2,1H3. The van der Waals surface area contributed by atoms with E-state index < -0.39 is 10.0 Å². The fraction of sp³-hybridized carbons (Fsp3) is 0.600. The van der Waals surface area contributed by atoms with Gasteiger partial charge in [-0.2, -0.15) is 0 Å². The number of nitrogens with one attached hydrogen (secondary N) is 2. The highest BCUT2D eigenvalue weighted by Crippen LogP contribution is 2.26. The van der Waals surface area contributed by atoms with E-state index in [0.29, 0.717) is 24.6 Å². The van der Waals surface area contributed by atoms with Crippen molar-refractivity contribution in [3.05, 3.63) is 29.6 Å². The summed E-state index contributed by atoms with van der Waals surface area (Å²) in [4.78, 5) is 0.136. The van der Waals surface area contributed by atoms with Crippen LogP contribution >= 0.6 is 0 Å². The maximum absolute atomic E-state index is 13.7. The molecule has 2 rings (SSSR count). The molecule has 0 amide bonds. The number of sulfonamides is 1. The molecule has 6 heteroatoms. The first-order valence-electron chi connectivity index (χ1n) is 7.51. The van der Waals surface area contributed by atoms with Crippen LogP contribution in [0.4, 0.5) is 4.39 Å². The van der Waals surface area contributed by atoms with Crippen molar-refractivity contribution in [2.24, 2.45) is 5.92 Å². The highest BCUT2D eigenvalue weighted by atomic mass is 32.2. The third kappa shape index (κ3) is 4.49. The van der Waals surface area contributed by atoms with E-state index >= 15 is 0 Å². The van der Waals surface area contributed by atoms with Crippen LogP contribution in [0.15, 0.2) is 23.1 Å². The second-order valence-electron chi connectivity index (χ2n) is 5.58. The lowest BCUT2D eigenvalue weighted by Crippen LogP contribution is -2.32. The van der Waals surface area contributed by atoms with Crippen LogP contribution in [0.5, 0.6) is 0 Å². The van der Waals surface area contributed by atoms with Gasteiger partial charge in [0.15, 0.2) is 0 Å². The summed E-state index contributed by atoms with van der Waals surface area (Å²) >= 11 is 0. The van der Waals surface area contributed by atoms with Gasteiger partial charge in [-0.05, 0) is 49.9 Å². The molecule has 0 aliphatic heterocycles. The number of hydrogen-bond acceptors (Lipinski definition) is 3. The average Bonchev–Trinajstić information content (AvgIpc) is 2.39. The largest absolute Gasteiger partial charge is 0.313 e. The lowest BCUT2D eigenvalue weighted by atomic mass is 9.86. The van der Waals surface area contributed by atoms with Gasteiger partial charge in [-0.1, -0.05) is 13.3 Å². The smallest absolute Gasteiger partial charge is 0.240 e. The molecule has 0 aromatic heterocycles. The molecule has 1 fully saturated rings. The Kier molecular flexibility index (Phi) is 5.72. The van der Waals surface area contributed by atoms with Crippen molar-refractivity contribution in [3.8, 4) is 0 Å². The molecule has 1 aromatic carbocycles. The van der Waals surface area contributed by atoms with Crippen LogP contribution in [-0.4, -0.2) is 21.5 Å². The van der Waals surface area contributed by atoms with Gasteiger partial charge in [-0.15, -0.1) is 0 Å². The van der Waals surface area contributed by atoms with Crippen LogP contribution in [0.3, 0.4) is 0 Å². The molecule has 1 aliphatic carbocycles. The van der Waals surface area contributed by atoms with Gasteiger partial charge in [0, 0.05) is 18.7 Å². The van der Waals surface area contributed by atoms with Crippen molar-refractivity contribution in [2.75, 3.05) is 13.1 Å². The molecule has 1 aromatic rings. The van der Waals surface area contributed by atoms with E-state index in [1.807, 2.05) is 6.92 Å². The molecular weight excluding hydrogens is 291 g/mol. The predicted octanol–water partition coefficient (Wildman–Crippen LogP) is 2.40. The molecule has 4 nitrogen and oxygen atoms in total. The molecule has 2 N–H and O–H groups in total. The lowest BCUT2D eigenvalue weighted by molar-refractivity contribution is 0.316. The Morgan fingerprint density at radius 2 is 2.10 bits per heavy atom. The van der Waals surface area contributed by atoms with Crippen LogP contribution in [0.25, 0.3) is 0 Å². The maximum atomic E-state index is 13.7. The SMILES string of the molecule is CCCNCc1cc(S(=O)(=O)NCC2CCC2)ccc1F. The van der Waals surface area contributed by atoms with Crippen molar-refractivity contribution >= 4 is 10.0 Å². The molecule has 0 heterocycles. The Bertz CT molecular complexity index is 571. The van der Waals surface area contributed by atoms with Gasteiger partial charge in [0.2, 0.25) is 10.0 Å². The molecule has 0 spiro atoms. The van der Waals surface area contributed by atoms with Crippen LogP contribution in [-0.2, 0) is 16.6 Å². The molecule has 0 radical (unpaired) electrons. The highest BCUT2D eigenvalue weighted by molar-refractivity contribution is 7.89. The van der Waals surface area contributed by atoms with Crippen molar-refractivity contribution in [1.29, 1.82) is 0 Å². The quantitative estimate of drug-likeness (QED) is 0.725. The molecule has 0 bridgehead atoms. The van der Waals surface area contributed by atoms with E-state index in [0.717, 1.165) is 25.8 Å². The first-order chi connectivity index (χ1) is 10.0. The monoisotopic (exact) mass is 314 g/mol. The summed E-state index contributed by atoms with van der Waals surface area (Å²) in [6, 6.07) is 3.96. The summed E-state index contributed by atoms with van der Waals surface area (Å²) in [5, 5.41) is 3.08. The molecule has 0 saturated heterocycles. The minimum atomic E-state index is -3.55. The van der Waals surface area contributed by atoms with Crippen molar-refractivity contribution < 1.29 is 12.8 Å². The summed E-state index contributed by atoms with van der Waals surface area (Å²) in [6.45, 7) is 3.61. The summed E-state index contributed by atoms with van der Waals surface area (Å²) in [6.07, 6.45) is 4.29. The normalized spacial score (nSPS) is 15.9. The Labute approximate surface area is 126 Å². The third-order valence-electron chi connectivity index (χ3n) is 3.86. The van der Waals surface area contributed by atoms with E-state index in [1.54, 1.807) is 0 Å². The van der Waals surface area contributed by atoms with Crippen molar-refractivity contribution in [3.63, 3.8) is 0 Å². The molecule has 0 unspecified atom stereocenters. The van der Waals surface area contributed by atoms with Gasteiger partial charge in [0.1, 0.15) is 5.82 Å². The lowest BCUT2D eigenvalue weighted by Gasteiger charge is -2.25. The van der Waals surface area contributed by atoms with Crippen LogP contribution in [0.1, 0.15) is 38.2 Å². The topological polar surface area (TPSA) is 58.2 Å². The number of benzene rings is 1. The first-order valence-corrected chi connectivity index (χ1v) is 9.00. The zero-order valence-corrected chi connectivity index (χ0v) is 13.2. The van der Waals surface area contributed by atoms with Gasteiger partial charge in [-0.3, -0.25) is 0 Å². The summed E-state index contributed by atoms with van der Waals surface area (Å²) in [5.74, 6) is 0.0717. The minimum absolute atomic E-state index is 0.136. The van der Waals surface area contributed by atoms with Crippen LogP contribution in [0.2, 0.25) is 0 Å². The number of rotatable bonds is 8. The Balaban J connectivity index is 2.04. The number of hydrogen-bond donors (Lipinski definition) is 2. The Morgan fingerprint density at radius 1 is 1.33 bits per heavy atom. The zero-order chi connectivity index (χ0) is 15.3. The van der Waals surface area contributed by atoms with E-state index in [4.69, 9.17) is 0 Å². The fourth-order valence-corrected chi connectivity index (χ4v) is 3.43. The average molecular weight is 314 g/mol. The second kappa shape index (κ2) is 7.33. The number of halogens is 1. The second-order valence-corrected chi connectivity index (χ2v) is 7.35. The van der Waals surface area contributed by atoms with E-state index in [9.17, 15) is 12.8 Å². The van der Waals surface area contributed by atoms with Crippen molar-refractivity contribution in [2.45, 2.75) is 44.0 Å². The van der Waals surface area contributed by atoms with Crippen LogP contribution < -0.4 is 10.0 Å². The van der Waals surface area contributed by atoms with Gasteiger partial charge in [-0.25, -0.2) is 17.5 Å². The maximum Gasteiger partial charge on any atom is 0.240 e. The Morgan fingerprint density at radius 3 is 2.71 bits per heavy atom. The van der Waals surface area contributed by atoms with Gasteiger partial charge < -0.3 is 5.32 Å². The van der Waals surface area contributed by atoms with Gasteiger partial charge in [0.05, 0.1) is 4.90 Å². The molecule has 1 saturated carbocycles. The summed E-state index contributed by atoms with van der Waals surface area (Å²) < 4.78 is 40.8. The highest BCUT2D eigenvalue weighted by Gasteiger charge is 2.21. The van der Waals surface area contributed by atoms with Gasteiger partial charge >= 0.3 is 0 Å². The van der Waals surface area contributed by atoms with Crippen LogP contribution in [0, 0.1) is 11.7 Å². The predicted molar refractivity (Wildman–Crippen MR) is 80.9 cm³/mol. The van der Waals surface area contributed by atoms with E-state index in [-0.39, 0.29) is 10.7 Å². The van der Waals surface area contributed by atoms with Crippen molar-refractivity contribution in [1.82, 2.24) is 10.0 Å². The fourth-order valence-electron chi connectivity index (χ4n) is 2.26. The minimum Gasteiger partial charge on any atom is -0.313 e. The molecule has 118 valence electrons. The van der Waals surface area contributed by atoms with Gasteiger partial charge in [0.25, 0.3) is 0 Å². The molecule has 21 heavy (non-hydrogen) atoms. The molecule has 0 atom stereocenters. The summed E-state index contributed by atoms with van der Waals surface area (Å²) in [5.41, 5.74) is 0.384.